The molecule has 0 radical (unpaired) electrons. The molecule has 1 rings (SSSR count). The summed E-state index contributed by atoms with van der Waals surface area (Å²) in [6.07, 6.45) is 8.03. The Hall–Kier alpha value is -1.57. The Morgan fingerprint density at radius 1 is 1.00 bits per heavy atom. The SMILES string of the molecule is CCCCN(CCCC)C(=O)C=Cc1ccc(C(C)(C)C)cc1. The average Bonchev–Trinajstić information content (AvgIpc) is 2.52. The standard InChI is InChI=1S/C21H33NO/c1-6-8-16-22(17-9-7-2)20(23)15-12-18-10-13-19(14-11-18)21(3,4)5/h10-15H,6-9,16-17H2,1-5H3. The van der Waals surface area contributed by atoms with E-state index in [1.165, 1.54) is 5.56 Å². The monoisotopic (exact) mass is 315 g/mol. The van der Waals surface area contributed by atoms with Crippen molar-refractivity contribution in [2.45, 2.75) is 65.7 Å². The third-order valence-electron chi connectivity index (χ3n) is 4.07. The second kappa shape index (κ2) is 9.54. The fraction of sp³-hybridized carbons (Fsp3) is 0.571. The third-order valence-corrected chi connectivity index (χ3v) is 4.07. The molecule has 0 heterocycles. The van der Waals surface area contributed by atoms with Crippen molar-refractivity contribution in [2.24, 2.45) is 0 Å². The predicted octanol–water partition coefficient (Wildman–Crippen LogP) is 5.43. The van der Waals surface area contributed by atoms with Crippen LogP contribution in [-0.4, -0.2) is 23.9 Å². The van der Waals surface area contributed by atoms with E-state index in [9.17, 15) is 4.79 Å². The molecule has 0 aliphatic carbocycles. The minimum atomic E-state index is 0.131. The minimum Gasteiger partial charge on any atom is -0.339 e. The molecule has 1 aromatic rings. The molecule has 0 spiro atoms. The number of amides is 1. The van der Waals surface area contributed by atoms with Crippen LogP contribution in [0.5, 0.6) is 0 Å². The zero-order chi connectivity index (χ0) is 17.3. The molecule has 1 amide bonds. The van der Waals surface area contributed by atoms with E-state index in [1.54, 1.807) is 6.08 Å². The molecule has 1 aromatic carbocycles. The van der Waals surface area contributed by atoms with Crippen LogP contribution < -0.4 is 0 Å². The fourth-order valence-corrected chi connectivity index (χ4v) is 2.40. The molecule has 0 unspecified atom stereocenters. The summed E-state index contributed by atoms with van der Waals surface area (Å²) >= 11 is 0. The highest BCUT2D eigenvalue weighted by atomic mass is 16.2. The molecule has 2 heteroatoms. The van der Waals surface area contributed by atoms with Gasteiger partial charge in [0.15, 0.2) is 0 Å². The molecule has 23 heavy (non-hydrogen) atoms. The second-order valence-electron chi connectivity index (χ2n) is 7.24. The number of benzene rings is 1. The van der Waals surface area contributed by atoms with E-state index in [-0.39, 0.29) is 11.3 Å². The van der Waals surface area contributed by atoms with Gasteiger partial charge in [0.25, 0.3) is 0 Å². The van der Waals surface area contributed by atoms with Gasteiger partial charge in [0, 0.05) is 19.2 Å². The van der Waals surface area contributed by atoms with Gasteiger partial charge in [-0.05, 0) is 35.5 Å². The quantitative estimate of drug-likeness (QED) is 0.586. The van der Waals surface area contributed by atoms with Crippen molar-refractivity contribution >= 4 is 12.0 Å². The Labute approximate surface area is 142 Å². The van der Waals surface area contributed by atoms with Crippen LogP contribution in [0.4, 0.5) is 0 Å². The number of carbonyl (C=O) groups is 1. The van der Waals surface area contributed by atoms with Crippen molar-refractivity contribution in [1.82, 2.24) is 4.90 Å². The summed E-state index contributed by atoms with van der Waals surface area (Å²) in [4.78, 5) is 14.4. The van der Waals surface area contributed by atoms with Crippen LogP contribution in [0.15, 0.2) is 30.3 Å². The van der Waals surface area contributed by atoms with E-state index in [4.69, 9.17) is 0 Å². The summed E-state index contributed by atoms with van der Waals surface area (Å²) in [6.45, 7) is 12.7. The second-order valence-corrected chi connectivity index (χ2v) is 7.24. The van der Waals surface area contributed by atoms with Gasteiger partial charge in [0.1, 0.15) is 0 Å². The lowest BCUT2D eigenvalue weighted by molar-refractivity contribution is -0.126. The highest BCUT2D eigenvalue weighted by Gasteiger charge is 2.12. The third kappa shape index (κ3) is 7.02. The van der Waals surface area contributed by atoms with Gasteiger partial charge in [-0.3, -0.25) is 4.79 Å². The van der Waals surface area contributed by atoms with E-state index in [2.05, 4.69) is 58.9 Å². The average molecular weight is 316 g/mol. The van der Waals surface area contributed by atoms with Crippen molar-refractivity contribution in [2.75, 3.05) is 13.1 Å². The summed E-state index contributed by atoms with van der Waals surface area (Å²) in [7, 11) is 0. The van der Waals surface area contributed by atoms with Gasteiger partial charge in [0.2, 0.25) is 5.91 Å². The number of hydrogen-bond acceptors (Lipinski definition) is 1. The van der Waals surface area contributed by atoms with Crippen LogP contribution >= 0.6 is 0 Å². The molecule has 0 fully saturated rings. The van der Waals surface area contributed by atoms with Crippen LogP contribution in [0.25, 0.3) is 6.08 Å². The molecule has 0 saturated carbocycles. The Kier molecular flexibility index (Phi) is 8.08. The molecule has 2 nitrogen and oxygen atoms in total. The van der Waals surface area contributed by atoms with Crippen LogP contribution in [0, 0.1) is 0 Å². The molecular weight excluding hydrogens is 282 g/mol. The van der Waals surface area contributed by atoms with Crippen molar-refractivity contribution in [3.8, 4) is 0 Å². The normalized spacial score (nSPS) is 11.9. The Morgan fingerprint density at radius 3 is 1.96 bits per heavy atom. The first-order chi connectivity index (χ1) is 10.9. The Morgan fingerprint density at radius 2 is 1.52 bits per heavy atom. The fourth-order valence-electron chi connectivity index (χ4n) is 2.40. The van der Waals surface area contributed by atoms with Gasteiger partial charge in [-0.1, -0.05) is 71.7 Å². The van der Waals surface area contributed by atoms with Crippen LogP contribution in [0.2, 0.25) is 0 Å². The van der Waals surface area contributed by atoms with Crippen molar-refractivity contribution in [3.05, 3.63) is 41.5 Å². The number of nitrogens with zero attached hydrogens (tertiary/aromatic N) is 1. The van der Waals surface area contributed by atoms with E-state index in [0.717, 1.165) is 44.3 Å². The minimum absolute atomic E-state index is 0.131. The molecule has 128 valence electrons. The molecule has 0 bridgehead atoms. The highest BCUT2D eigenvalue weighted by Crippen LogP contribution is 2.22. The zero-order valence-electron chi connectivity index (χ0n) is 15.6. The number of rotatable bonds is 8. The van der Waals surface area contributed by atoms with Crippen LogP contribution in [0.1, 0.15) is 71.4 Å². The summed E-state index contributed by atoms with van der Waals surface area (Å²) < 4.78 is 0. The molecule has 0 aliphatic heterocycles. The lowest BCUT2D eigenvalue weighted by Crippen LogP contribution is -2.31. The van der Waals surface area contributed by atoms with E-state index in [1.807, 2.05) is 11.0 Å². The molecule has 0 aliphatic rings. The Balaban J connectivity index is 2.70. The lowest BCUT2D eigenvalue weighted by Gasteiger charge is -2.20. The molecule has 0 atom stereocenters. The van der Waals surface area contributed by atoms with E-state index in [0.29, 0.717) is 0 Å². The predicted molar refractivity (Wildman–Crippen MR) is 101 cm³/mol. The van der Waals surface area contributed by atoms with Gasteiger partial charge in [0.05, 0.1) is 0 Å². The number of hydrogen-bond donors (Lipinski definition) is 0. The van der Waals surface area contributed by atoms with Crippen molar-refractivity contribution in [1.29, 1.82) is 0 Å². The van der Waals surface area contributed by atoms with E-state index < -0.39 is 0 Å². The largest absolute Gasteiger partial charge is 0.339 e. The van der Waals surface area contributed by atoms with Gasteiger partial charge >= 0.3 is 0 Å². The maximum absolute atomic E-state index is 12.4. The maximum Gasteiger partial charge on any atom is 0.246 e. The zero-order valence-corrected chi connectivity index (χ0v) is 15.6. The van der Waals surface area contributed by atoms with Crippen molar-refractivity contribution < 1.29 is 4.79 Å². The summed E-state index contributed by atoms with van der Waals surface area (Å²) in [6, 6.07) is 8.48. The summed E-state index contributed by atoms with van der Waals surface area (Å²) in [5.74, 6) is 0.131. The lowest BCUT2D eigenvalue weighted by atomic mass is 9.87. The van der Waals surface area contributed by atoms with Gasteiger partial charge < -0.3 is 4.90 Å². The first-order valence-corrected chi connectivity index (χ1v) is 8.96. The smallest absolute Gasteiger partial charge is 0.246 e. The van der Waals surface area contributed by atoms with Crippen LogP contribution in [0.3, 0.4) is 0 Å². The molecular formula is C21H33NO. The van der Waals surface area contributed by atoms with Gasteiger partial charge in [-0.2, -0.15) is 0 Å². The Bertz CT molecular complexity index is 486. The van der Waals surface area contributed by atoms with Gasteiger partial charge in [-0.15, -0.1) is 0 Å². The molecule has 0 aromatic heterocycles. The first-order valence-electron chi connectivity index (χ1n) is 8.96. The first kappa shape index (κ1) is 19.5. The molecule has 0 N–H and O–H groups in total. The van der Waals surface area contributed by atoms with Crippen LogP contribution in [-0.2, 0) is 10.2 Å². The topological polar surface area (TPSA) is 20.3 Å². The summed E-state index contributed by atoms with van der Waals surface area (Å²) in [5.41, 5.74) is 2.56. The van der Waals surface area contributed by atoms with E-state index >= 15 is 0 Å². The van der Waals surface area contributed by atoms with Crippen molar-refractivity contribution in [3.63, 3.8) is 0 Å². The molecule has 0 saturated heterocycles. The summed E-state index contributed by atoms with van der Waals surface area (Å²) in [5, 5.41) is 0. The highest BCUT2D eigenvalue weighted by molar-refractivity contribution is 5.91. The number of unbranched alkanes of at least 4 members (excludes halogenated alkanes) is 2. The number of carbonyl (C=O) groups excluding carboxylic acids is 1. The van der Waals surface area contributed by atoms with Gasteiger partial charge in [-0.25, -0.2) is 0 Å². The maximum atomic E-state index is 12.4.